The standard InChI is InChI=1S/C16H18N2O4S/c1-11-10-13(8-9-14(11)18-23(2,21)22)16(20,15(17)19)12-6-4-3-5-7-12/h3-10,18,20H,1-2H3,(H2,17,19). The number of carbonyl (C=O) groups excluding carboxylic acids is 1. The molecule has 0 bridgehead atoms. The lowest BCUT2D eigenvalue weighted by atomic mass is 9.85. The van der Waals surface area contributed by atoms with E-state index in [0.717, 1.165) is 6.26 Å². The van der Waals surface area contributed by atoms with Crippen molar-refractivity contribution in [3.63, 3.8) is 0 Å². The molecule has 0 aliphatic rings. The van der Waals surface area contributed by atoms with Crippen LogP contribution in [0, 0.1) is 6.92 Å². The summed E-state index contributed by atoms with van der Waals surface area (Å²) in [4.78, 5) is 11.9. The Morgan fingerprint density at radius 1 is 1.13 bits per heavy atom. The van der Waals surface area contributed by atoms with E-state index in [2.05, 4.69) is 4.72 Å². The van der Waals surface area contributed by atoms with E-state index in [-0.39, 0.29) is 5.56 Å². The molecule has 2 aromatic carbocycles. The number of aryl methyl sites for hydroxylation is 1. The number of hydrogen-bond donors (Lipinski definition) is 3. The van der Waals surface area contributed by atoms with Crippen molar-refractivity contribution in [2.75, 3.05) is 11.0 Å². The molecule has 0 aromatic heterocycles. The van der Waals surface area contributed by atoms with Crippen LogP contribution in [0.1, 0.15) is 16.7 Å². The first-order valence-corrected chi connectivity index (χ1v) is 8.70. The number of primary amides is 1. The highest BCUT2D eigenvalue weighted by Gasteiger charge is 2.38. The molecule has 2 rings (SSSR count). The van der Waals surface area contributed by atoms with Gasteiger partial charge in [-0.1, -0.05) is 42.5 Å². The molecule has 122 valence electrons. The molecule has 23 heavy (non-hydrogen) atoms. The number of amides is 1. The monoisotopic (exact) mass is 334 g/mol. The van der Waals surface area contributed by atoms with Crippen LogP contribution in [0.4, 0.5) is 5.69 Å². The number of carbonyl (C=O) groups is 1. The molecular formula is C16H18N2O4S. The van der Waals surface area contributed by atoms with Crippen LogP contribution in [0.2, 0.25) is 0 Å². The van der Waals surface area contributed by atoms with Gasteiger partial charge in [0.15, 0.2) is 5.60 Å². The fourth-order valence-electron chi connectivity index (χ4n) is 2.33. The zero-order valence-electron chi connectivity index (χ0n) is 12.8. The Hall–Kier alpha value is -2.38. The van der Waals surface area contributed by atoms with Gasteiger partial charge in [0.2, 0.25) is 10.0 Å². The fraction of sp³-hybridized carbons (Fsp3) is 0.188. The summed E-state index contributed by atoms with van der Waals surface area (Å²) in [5.41, 5.74) is 4.98. The van der Waals surface area contributed by atoms with Crippen LogP contribution in [0.15, 0.2) is 48.5 Å². The topological polar surface area (TPSA) is 109 Å². The number of benzene rings is 2. The lowest BCUT2D eigenvalue weighted by molar-refractivity contribution is -0.133. The zero-order valence-corrected chi connectivity index (χ0v) is 13.6. The Balaban J connectivity index is 2.54. The fourth-order valence-corrected chi connectivity index (χ4v) is 2.96. The van der Waals surface area contributed by atoms with Gasteiger partial charge in [-0.25, -0.2) is 8.42 Å². The van der Waals surface area contributed by atoms with Crippen molar-refractivity contribution in [3.05, 3.63) is 65.2 Å². The SMILES string of the molecule is Cc1cc(C(O)(C(N)=O)c2ccccc2)ccc1NS(C)(=O)=O. The molecule has 0 heterocycles. The normalized spacial score (nSPS) is 14.0. The quantitative estimate of drug-likeness (QED) is 0.760. The van der Waals surface area contributed by atoms with Gasteiger partial charge in [-0.05, 0) is 29.7 Å². The first kappa shape index (κ1) is 17.0. The minimum atomic E-state index is -3.42. The van der Waals surface area contributed by atoms with Gasteiger partial charge in [-0.3, -0.25) is 9.52 Å². The van der Waals surface area contributed by atoms with Crippen molar-refractivity contribution in [2.45, 2.75) is 12.5 Å². The lowest BCUT2D eigenvalue weighted by Gasteiger charge is -2.26. The first-order valence-electron chi connectivity index (χ1n) is 6.81. The maximum Gasteiger partial charge on any atom is 0.258 e. The molecule has 0 spiro atoms. The van der Waals surface area contributed by atoms with Gasteiger partial charge in [0.05, 0.1) is 11.9 Å². The first-order chi connectivity index (χ1) is 10.6. The summed E-state index contributed by atoms with van der Waals surface area (Å²) in [5, 5.41) is 10.9. The highest BCUT2D eigenvalue weighted by molar-refractivity contribution is 7.92. The van der Waals surface area contributed by atoms with E-state index in [1.54, 1.807) is 37.3 Å². The third-order valence-corrected chi connectivity index (χ3v) is 4.08. The maximum absolute atomic E-state index is 11.9. The van der Waals surface area contributed by atoms with Crippen LogP contribution in [-0.4, -0.2) is 25.7 Å². The van der Waals surface area contributed by atoms with Crippen molar-refractivity contribution in [2.24, 2.45) is 5.73 Å². The molecular weight excluding hydrogens is 316 g/mol. The second kappa shape index (κ2) is 6.02. The van der Waals surface area contributed by atoms with Gasteiger partial charge in [-0.2, -0.15) is 0 Å². The molecule has 4 N–H and O–H groups in total. The minimum Gasteiger partial charge on any atom is -0.372 e. The summed E-state index contributed by atoms with van der Waals surface area (Å²) >= 11 is 0. The van der Waals surface area contributed by atoms with E-state index in [4.69, 9.17) is 5.73 Å². The molecule has 1 amide bonds. The summed E-state index contributed by atoms with van der Waals surface area (Å²) in [6, 6.07) is 12.8. The number of anilines is 1. The molecule has 6 nitrogen and oxygen atoms in total. The number of rotatable bonds is 5. The number of hydrogen-bond acceptors (Lipinski definition) is 4. The number of nitrogens with one attached hydrogen (secondary N) is 1. The Labute approximate surface area is 135 Å². The second-order valence-electron chi connectivity index (χ2n) is 5.34. The molecule has 0 saturated heterocycles. The van der Waals surface area contributed by atoms with Gasteiger partial charge >= 0.3 is 0 Å². The van der Waals surface area contributed by atoms with Crippen LogP contribution in [0.3, 0.4) is 0 Å². The predicted octanol–water partition coefficient (Wildman–Crippen LogP) is 1.09. The van der Waals surface area contributed by atoms with Gasteiger partial charge < -0.3 is 10.8 Å². The highest BCUT2D eigenvalue weighted by atomic mass is 32.2. The smallest absolute Gasteiger partial charge is 0.258 e. The van der Waals surface area contributed by atoms with Gasteiger partial charge in [0.25, 0.3) is 5.91 Å². The minimum absolute atomic E-state index is 0.271. The summed E-state index contributed by atoms with van der Waals surface area (Å²) in [6.45, 7) is 1.67. The zero-order chi connectivity index (χ0) is 17.3. The lowest BCUT2D eigenvalue weighted by Crippen LogP contribution is -2.42. The van der Waals surface area contributed by atoms with Crippen LogP contribution >= 0.6 is 0 Å². The molecule has 0 saturated carbocycles. The molecule has 0 aliphatic carbocycles. The maximum atomic E-state index is 11.9. The van der Waals surface area contributed by atoms with Crippen LogP contribution < -0.4 is 10.5 Å². The van der Waals surface area contributed by atoms with Crippen molar-refractivity contribution < 1.29 is 18.3 Å². The van der Waals surface area contributed by atoms with Crippen molar-refractivity contribution in [3.8, 4) is 0 Å². The van der Waals surface area contributed by atoms with E-state index in [0.29, 0.717) is 16.8 Å². The van der Waals surface area contributed by atoms with Crippen molar-refractivity contribution in [1.29, 1.82) is 0 Å². The molecule has 1 atom stereocenters. The van der Waals surface area contributed by atoms with E-state index in [1.165, 1.54) is 18.2 Å². The van der Waals surface area contributed by atoms with E-state index in [9.17, 15) is 18.3 Å². The van der Waals surface area contributed by atoms with E-state index >= 15 is 0 Å². The molecule has 1 unspecified atom stereocenters. The molecule has 0 aliphatic heterocycles. The second-order valence-corrected chi connectivity index (χ2v) is 7.09. The Bertz CT molecular complexity index is 834. The van der Waals surface area contributed by atoms with Crippen molar-refractivity contribution >= 4 is 21.6 Å². The molecule has 0 fully saturated rings. The Morgan fingerprint density at radius 2 is 1.74 bits per heavy atom. The van der Waals surface area contributed by atoms with Gasteiger partial charge in [0, 0.05) is 0 Å². The largest absolute Gasteiger partial charge is 0.372 e. The molecule has 0 radical (unpaired) electrons. The van der Waals surface area contributed by atoms with Gasteiger partial charge in [0.1, 0.15) is 0 Å². The van der Waals surface area contributed by atoms with E-state index in [1.807, 2.05) is 0 Å². The average Bonchev–Trinajstić information content (AvgIpc) is 2.48. The number of aliphatic hydroxyl groups is 1. The highest BCUT2D eigenvalue weighted by Crippen LogP contribution is 2.31. The molecule has 2 aromatic rings. The third kappa shape index (κ3) is 3.52. The number of nitrogens with two attached hydrogens (primary N) is 1. The van der Waals surface area contributed by atoms with Gasteiger partial charge in [-0.15, -0.1) is 0 Å². The van der Waals surface area contributed by atoms with E-state index < -0.39 is 21.5 Å². The predicted molar refractivity (Wildman–Crippen MR) is 88.3 cm³/mol. The van der Waals surface area contributed by atoms with Crippen molar-refractivity contribution in [1.82, 2.24) is 0 Å². The van der Waals surface area contributed by atoms with Crippen LogP contribution in [-0.2, 0) is 20.4 Å². The average molecular weight is 334 g/mol. The Morgan fingerprint density at radius 3 is 2.22 bits per heavy atom. The Kier molecular flexibility index (Phi) is 4.44. The van der Waals surface area contributed by atoms with Crippen LogP contribution in [0.5, 0.6) is 0 Å². The summed E-state index contributed by atoms with van der Waals surface area (Å²) < 4.78 is 25.0. The molecule has 7 heteroatoms. The summed E-state index contributed by atoms with van der Waals surface area (Å²) in [5.74, 6) is -0.910. The van der Waals surface area contributed by atoms with Crippen LogP contribution in [0.25, 0.3) is 0 Å². The summed E-state index contributed by atoms with van der Waals surface area (Å²) in [7, 11) is -3.42. The summed E-state index contributed by atoms with van der Waals surface area (Å²) in [6.07, 6.45) is 1.05. The number of sulfonamides is 1. The third-order valence-electron chi connectivity index (χ3n) is 3.49.